The predicted octanol–water partition coefficient (Wildman–Crippen LogP) is 3.33. The van der Waals surface area contributed by atoms with Gasteiger partial charge < -0.3 is 5.11 Å². The molecule has 0 radical (unpaired) electrons. The minimum absolute atomic E-state index is 0.135. The number of aromatic carboxylic acids is 1. The molecule has 2 aromatic carbocycles. The van der Waals surface area contributed by atoms with Gasteiger partial charge in [-0.15, -0.1) is 0 Å². The van der Waals surface area contributed by atoms with Crippen molar-refractivity contribution in [2.24, 2.45) is 0 Å². The van der Waals surface area contributed by atoms with Gasteiger partial charge in [0, 0.05) is 5.56 Å². The molecular formula is C18H20N2O3. The summed E-state index contributed by atoms with van der Waals surface area (Å²) >= 11 is 0. The highest BCUT2D eigenvalue weighted by molar-refractivity contribution is 5.98. The number of para-hydroxylation sites is 1. The van der Waals surface area contributed by atoms with Gasteiger partial charge in [0.2, 0.25) is 0 Å². The number of hydrogen-bond donors (Lipinski definition) is 2. The maximum Gasteiger partial charge on any atom is 0.337 e. The zero-order valence-corrected chi connectivity index (χ0v) is 13.4. The number of carboxylic acid groups (broad SMARTS) is 1. The highest BCUT2D eigenvalue weighted by Crippen LogP contribution is 2.26. The average Bonchev–Trinajstić information content (AvgIpc) is 2.52. The first-order chi connectivity index (χ1) is 10.8. The smallest absolute Gasteiger partial charge is 0.337 e. The Morgan fingerprint density at radius 2 is 1.52 bits per heavy atom. The van der Waals surface area contributed by atoms with Crippen LogP contribution in [-0.2, 0) is 0 Å². The summed E-state index contributed by atoms with van der Waals surface area (Å²) < 4.78 is 0. The number of carbonyl (C=O) groups is 2. The second kappa shape index (κ2) is 6.52. The number of nitrogens with one attached hydrogen (secondary N) is 1. The van der Waals surface area contributed by atoms with E-state index in [4.69, 9.17) is 0 Å². The van der Waals surface area contributed by atoms with E-state index >= 15 is 0 Å². The Morgan fingerprint density at radius 3 is 2.09 bits per heavy atom. The number of benzene rings is 2. The summed E-state index contributed by atoms with van der Waals surface area (Å²) in [7, 11) is 0. The van der Waals surface area contributed by atoms with E-state index in [0.29, 0.717) is 11.3 Å². The Hall–Kier alpha value is -2.82. The van der Waals surface area contributed by atoms with Crippen molar-refractivity contribution in [1.29, 1.82) is 0 Å². The summed E-state index contributed by atoms with van der Waals surface area (Å²) in [6.07, 6.45) is 0. The molecule has 0 unspecified atom stereocenters. The second-order valence-corrected chi connectivity index (χ2v) is 6.14. The third-order valence-electron chi connectivity index (χ3n) is 3.30. The van der Waals surface area contributed by atoms with Crippen molar-refractivity contribution < 1.29 is 14.7 Å². The van der Waals surface area contributed by atoms with Crippen molar-refractivity contribution in [3.8, 4) is 0 Å². The molecule has 0 heterocycles. The summed E-state index contributed by atoms with van der Waals surface area (Å²) in [6.45, 7) is 5.70. The summed E-state index contributed by atoms with van der Waals surface area (Å²) in [4.78, 5) is 23.9. The van der Waals surface area contributed by atoms with Crippen molar-refractivity contribution in [2.75, 3.05) is 5.01 Å². The van der Waals surface area contributed by atoms with Gasteiger partial charge in [-0.1, -0.05) is 30.3 Å². The van der Waals surface area contributed by atoms with Crippen molar-refractivity contribution in [3.63, 3.8) is 0 Å². The van der Waals surface area contributed by atoms with Crippen LogP contribution >= 0.6 is 0 Å². The Kier molecular flexibility index (Phi) is 4.69. The fourth-order valence-electron chi connectivity index (χ4n) is 2.19. The molecule has 5 heteroatoms. The van der Waals surface area contributed by atoms with Gasteiger partial charge >= 0.3 is 5.97 Å². The summed E-state index contributed by atoms with van der Waals surface area (Å²) in [6, 6.07) is 15.4. The predicted molar refractivity (Wildman–Crippen MR) is 89.5 cm³/mol. The van der Waals surface area contributed by atoms with Gasteiger partial charge in [0.05, 0.1) is 16.8 Å². The third kappa shape index (κ3) is 3.88. The Bertz CT molecular complexity index is 706. The fraction of sp³-hybridized carbons (Fsp3) is 0.222. The molecule has 5 nitrogen and oxygen atoms in total. The van der Waals surface area contributed by atoms with E-state index in [9.17, 15) is 14.7 Å². The molecule has 0 bridgehead atoms. The first-order valence-electron chi connectivity index (χ1n) is 7.29. The third-order valence-corrected chi connectivity index (χ3v) is 3.30. The molecule has 0 spiro atoms. The van der Waals surface area contributed by atoms with Crippen LogP contribution in [0.5, 0.6) is 0 Å². The molecular weight excluding hydrogens is 292 g/mol. The molecule has 0 aliphatic heterocycles. The standard InChI is InChI=1S/C18H20N2O3/c1-18(2,3)20(15-12-8-7-11-14(15)17(22)23)19-16(21)13-9-5-4-6-10-13/h4-12H,1-3H3,(H,19,21)(H,22,23). The Labute approximate surface area is 135 Å². The van der Waals surface area contributed by atoms with Gasteiger partial charge in [0.1, 0.15) is 0 Å². The highest BCUT2D eigenvalue weighted by Gasteiger charge is 2.27. The van der Waals surface area contributed by atoms with Crippen molar-refractivity contribution in [2.45, 2.75) is 26.3 Å². The minimum atomic E-state index is -1.04. The number of carboxylic acids is 1. The number of hydrogen-bond acceptors (Lipinski definition) is 3. The lowest BCUT2D eigenvalue weighted by atomic mass is 10.0. The summed E-state index contributed by atoms with van der Waals surface area (Å²) in [5.74, 6) is -1.33. The maximum absolute atomic E-state index is 12.5. The molecule has 0 aromatic heterocycles. The summed E-state index contributed by atoms with van der Waals surface area (Å²) in [5.41, 5.74) is 3.40. The fourth-order valence-corrected chi connectivity index (χ4v) is 2.19. The van der Waals surface area contributed by atoms with Crippen molar-refractivity contribution in [1.82, 2.24) is 5.43 Å². The van der Waals surface area contributed by atoms with Gasteiger partial charge in [0.15, 0.2) is 0 Å². The number of rotatable bonds is 4. The van der Waals surface area contributed by atoms with E-state index in [1.807, 2.05) is 26.8 Å². The van der Waals surface area contributed by atoms with E-state index in [-0.39, 0.29) is 11.5 Å². The topological polar surface area (TPSA) is 69.6 Å². The maximum atomic E-state index is 12.5. The molecule has 0 saturated heterocycles. The largest absolute Gasteiger partial charge is 0.478 e. The van der Waals surface area contributed by atoms with Crippen molar-refractivity contribution in [3.05, 3.63) is 65.7 Å². The van der Waals surface area contributed by atoms with Crippen molar-refractivity contribution >= 4 is 17.6 Å². The molecule has 0 fully saturated rings. The molecule has 0 atom stereocenters. The Morgan fingerprint density at radius 1 is 0.957 bits per heavy atom. The molecule has 0 saturated carbocycles. The number of nitrogens with zero attached hydrogens (tertiary/aromatic N) is 1. The molecule has 120 valence electrons. The van der Waals surface area contributed by atoms with Gasteiger partial charge in [-0.2, -0.15) is 0 Å². The van der Waals surface area contributed by atoms with Crippen LogP contribution in [0.25, 0.3) is 0 Å². The Balaban J connectivity index is 2.40. The lowest BCUT2D eigenvalue weighted by Crippen LogP contribution is -2.53. The zero-order chi connectivity index (χ0) is 17.0. The number of hydrazine groups is 1. The lowest BCUT2D eigenvalue weighted by Gasteiger charge is -2.38. The van der Waals surface area contributed by atoms with E-state index in [1.165, 1.54) is 6.07 Å². The number of anilines is 1. The van der Waals surface area contributed by atoms with Crippen LogP contribution in [-0.4, -0.2) is 22.5 Å². The quantitative estimate of drug-likeness (QED) is 0.850. The first kappa shape index (κ1) is 16.5. The monoisotopic (exact) mass is 312 g/mol. The van der Waals surface area contributed by atoms with Crippen LogP contribution in [0.15, 0.2) is 54.6 Å². The molecule has 23 heavy (non-hydrogen) atoms. The van der Waals surface area contributed by atoms with E-state index in [0.717, 1.165) is 0 Å². The van der Waals surface area contributed by atoms with Crippen LogP contribution in [0, 0.1) is 0 Å². The number of amides is 1. The van der Waals surface area contributed by atoms with Crippen LogP contribution in [0.4, 0.5) is 5.69 Å². The molecule has 2 rings (SSSR count). The summed E-state index contributed by atoms with van der Waals surface area (Å²) in [5, 5.41) is 11.0. The van der Waals surface area contributed by atoms with E-state index in [1.54, 1.807) is 47.5 Å². The normalized spacial score (nSPS) is 10.9. The number of carbonyl (C=O) groups excluding carboxylic acids is 1. The molecule has 0 aliphatic carbocycles. The minimum Gasteiger partial charge on any atom is -0.478 e. The second-order valence-electron chi connectivity index (χ2n) is 6.14. The molecule has 2 N–H and O–H groups in total. The molecule has 0 aliphatic rings. The zero-order valence-electron chi connectivity index (χ0n) is 13.4. The van der Waals surface area contributed by atoms with Crippen LogP contribution in [0.1, 0.15) is 41.5 Å². The SMILES string of the molecule is CC(C)(C)N(NC(=O)c1ccccc1)c1ccccc1C(=O)O. The van der Waals surface area contributed by atoms with Gasteiger partial charge in [-0.3, -0.25) is 15.2 Å². The first-order valence-corrected chi connectivity index (χ1v) is 7.29. The molecule has 2 aromatic rings. The molecule has 1 amide bonds. The lowest BCUT2D eigenvalue weighted by molar-refractivity contribution is 0.0696. The van der Waals surface area contributed by atoms with E-state index < -0.39 is 11.5 Å². The van der Waals surface area contributed by atoms with Gasteiger partial charge in [0.25, 0.3) is 5.91 Å². The van der Waals surface area contributed by atoms with E-state index in [2.05, 4.69) is 5.43 Å². The van der Waals surface area contributed by atoms with Gasteiger partial charge in [-0.05, 0) is 45.0 Å². The van der Waals surface area contributed by atoms with Crippen LogP contribution in [0.2, 0.25) is 0 Å². The van der Waals surface area contributed by atoms with Crippen LogP contribution < -0.4 is 10.4 Å². The average molecular weight is 312 g/mol. The van der Waals surface area contributed by atoms with Crippen LogP contribution in [0.3, 0.4) is 0 Å². The van der Waals surface area contributed by atoms with Gasteiger partial charge in [-0.25, -0.2) is 4.79 Å². The highest BCUT2D eigenvalue weighted by atomic mass is 16.4.